The Bertz CT molecular complexity index is 1230. The summed E-state index contributed by atoms with van der Waals surface area (Å²) in [6.45, 7) is 5.46. The molecule has 176 valence electrons. The quantitative estimate of drug-likeness (QED) is 0.488. The van der Waals surface area contributed by atoms with E-state index in [1.807, 2.05) is 13.0 Å². The van der Waals surface area contributed by atoms with Crippen LogP contribution in [0.2, 0.25) is 0 Å². The zero-order valence-corrected chi connectivity index (χ0v) is 19.1. The number of allylic oxidation sites excluding steroid dienone is 1. The Labute approximate surface area is 198 Å². The molecule has 0 bridgehead atoms. The molecule has 1 fully saturated rings. The van der Waals surface area contributed by atoms with Crippen LogP contribution in [0.15, 0.2) is 60.7 Å². The van der Waals surface area contributed by atoms with Gasteiger partial charge in [0.15, 0.2) is 6.10 Å². The first-order chi connectivity index (χ1) is 16.5. The molecule has 0 spiro atoms. The fraction of sp³-hybridized carbons (Fsp3) is 0.286. The van der Waals surface area contributed by atoms with Crippen molar-refractivity contribution in [1.29, 1.82) is 0 Å². The molecular formula is C28H28FNO4. The van der Waals surface area contributed by atoms with E-state index >= 15 is 4.39 Å². The smallest absolute Gasteiger partial charge is 0.153 e. The highest BCUT2D eigenvalue weighted by molar-refractivity contribution is 5.95. The van der Waals surface area contributed by atoms with E-state index < -0.39 is 11.9 Å². The summed E-state index contributed by atoms with van der Waals surface area (Å²) in [4.78, 5) is 2.35. The summed E-state index contributed by atoms with van der Waals surface area (Å²) in [6, 6.07) is 16.6. The third-order valence-corrected chi connectivity index (χ3v) is 6.56. The van der Waals surface area contributed by atoms with Crippen LogP contribution in [0.1, 0.15) is 42.6 Å². The van der Waals surface area contributed by atoms with E-state index in [1.54, 1.807) is 48.5 Å². The Hall–Kier alpha value is -3.51. The van der Waals surface area contributed by atoms with Gasteiger partial charge in [-0.3, -0.25) is 4.90 Å². The zero-order chi connectivity index (χ0) is 23.7. The van der Waals surface area contributed by atoms with Gasteiger partial charge in [-0.25, -0.2) is 4.39 Å². The van der Waals surface area contributed by atoms with E-state index in [0.717, 1.165) is 41.9 Å². The van der Waals surface area contributed by atoms with E-state index in [1.165, 1.54) is 18.9 Å². The first kappa shape index (κ1) is 22.3. The predicted octanol–water partition coefficient (Wildman–Crippen LogP) is 5.78. The van der Waals surface area contributed by atoms with Gasteiger partial charge >= 0.3 is 0 Å². The van der Waals surface area contributed by atoms with E-state index in [0.29, 0.717) is 23.7 Å². The molecule has 34 heavy (non-hydrogen) atoms. The highest BCUT2D eigenvalue weighted by Gasteiger charge is 2.31. The van der Waals surface area contributed by atoms with Gasteiger partial charge in [-0.1, -0.05) is 12.1 Å². The topological polar surface area (TPSA) is 62.2 Å². The number of ether oxygens (including phenoxy) is 2. The van der Waals surface area contributed by atoms with Crippen LogP contribution >= 0.6 is 0 Å². The second kappa shape index (κ2) is 9.39. The lowest BCUT2D eigenvalue weighted by molar-refractivity contribution is 0.235. The van der Waals surface area contributed by atoms with Crippen molar-refractivity contribution in [3.63, 3.8) is 0 Å². The van der Waals surface area contributed by atoms with Gasteiger partial charge in [0.05, 0.1) is 0 Å². The molecule has 2 heterocycles. The first-order valence-corrected chi connectivity index (χ1v) is 11.6. The second-order valence-electron chi connectivity index (χ2n) is 8.85. The second-order valence-corrected chi connectivity index (χ2v) is 8.85. The molecule has 1 unspecified atom stereocenters. The summed E-state index contributed by atoms with van der Waals surface area (Å²) >= 11 is 0. The molecule has 0 aromatic heterocycles. The van der Waals surface area contributed by atoms with Crippen LogP contribution in [0.3, 0.4) is 0 Å². The standard InChI is InChI=1S/C28H28FNO4/c1-18-24-16-21(32)7-10-26(24)34-28(27(18)19-5-4-6-20(31)15-19)23-9-8-22(17-25(23)29)33-14-13-30-11-2-3-12-30/h4-10,15-17,28,31-32H,2-3,11-14H2,1H3. The van der Waals surface area contributed by atoms with Crippen molar-refractivity contribution in [2.45, 2.75) is 25.9 Å². The SMILES string of the molecule is CC1=C(c2cccc(O)c2)C(c2ccc(OCCN3CCCC3)cc2F)Oc2ccc(O)cc21. The van der Waals surface area contributed by atoms with Crippen LogP contribution < -0.4 is 9.47 Å². The van der Waals surface area contributed by atoms with Crippen molar-refractivity contribution in [3.05, 3.63) is 83.2 Å². The Morgan fingerprint density at radius 2 is 1.79 bits per heavy atom. The summed E-state index contributed by atoms with van der Waals surface area (Å²) in [5, 5.41) is 20.1. The lowest BCUT2D eigenvalue weighted by Crippen LogP contribution is -2.25. The maximum Gasteiger partial charge on any atom is 0.153 e. The Balaban J connectivity index is 1.47. The number of phenolic OH excluding ortho intramolecular Hbond substituents is 2. The third-order valence-electron chi connectivity index (χ3n) is 6.56. The predicted molar refractivity (Wildman–Crippen MR) is 130 cm³/mol. The van der Waals surface area contributed by atoms with Gasteiger partial charge in [-0.15, -0.1) is 0 Å². The van der Waals surface area contributed by atoms with Gasteiger partial charge < -0.3 is 19.7 Å². The average molecular weight is 462 g/mol. The Morgan fingerprint density at radius 1 is 1.00 bits per heavy atom. The van der Waals surface area contributed by atoms with Crippen molar-refractivity contribution >= 4 is 11.1 Å². The van der Waals surface area contributed by atoms with Crippen LogP contribution in [0.5, 0.6) is 23.0 Å². The van der Waals surface area contributed by atoms with Gasteiger partial charge in [0.25, 0.3) is 0 Å². The molecule has 0 amide bonds. The van der Waals surface area contributed by atoms with Gasteiger partial charge in [0, 0.05) is 29.3 Å². The number of hydrogen-bond donors (Lipinski definition) is 2. The van der Waals surface area contributed by atoms with Crippen LogP contribution in [0.4, 0.5) is 4.39 Å². The Kier molecular flexibility index (Phi) is 6.16. The van der Waals surface area contributed by atoms with Crippen LogP contribution in [-0.4, -0.2) is 41.4 Å². The van der Waals surface area contributed by atoms with Gasteiger partial charge in [-0.2, -0.15) is 0 Å². The fourth-order valence-electron chi connectivity index (χ4n) is 4.81. The molecule has 5 rings (SSSR count). The van der Waals surface area contributed by atoms with E-state index in [2.05, 4.69) is 4.90 Å². The van der Waals surface area contributed by atoms with Gasteiger partial charge in [-0.05, 0) is 86.5 Å². The molecule has 3 aromatic rings. The van der Waals surface area contributed by atoms with Crippen LogP contribution in [0, 0.1) is 5.82 Å². The summed E-state index contributed by atoms with van der Waals surface area (Å²) in [7, 11) is 0. The molecular weight excluding hydrogens is 433 g/mol. The molecule has 0 saturated carbocycles. The normalized spacial score (nSPS) is 18.0. The highest BCUT2D eigenvalue weighted by atomic mass is 19.1. The molecule has 0 aliphatic carbocycles. The minimum Gasteiger partial charge on any atom is -0.508 e. The van der Waals surface area contributed by atoms with Gasteiger partial charge in [0.1, 0.15) is 35.4 Å². The molecule has 6 heteroatoms. The summed E-state index contributed by atoms with van der Waals surface area (Å²) in [6.07, 6.45) is 1.72. The summed E-state index contributed by atoms with van der Waals surface area (Å²) < 4.78 is 27.5. The number of benzene rings is 3. The number of hydrogen-bond acceptors (Lipinski definition) is 5. The largest absolute Gasteiger partial charge is 0.508 e. The van der Waals surface area contributed by atoms with Crippen molar-refractivity contribution in [3.8, 4) is 23.0 Å². The Morgan fingerprint density at radius 3 is 2.56 bits per heavy atom. The lowest BCUT2D eigenvalue weighted by Gasteiger charge is -2.31. The van der Waals surface area contributed by atoms with Crippen molar-refractivity contribution in [2.24, 2.45) is 0 Å². The van der Waals surface area contributed by atoms with Crippen molar-refractivity contribution in [1.82, 2.24) is 4.90 Å². The van der Waals surface area contributed by atoms with Crippen molar-refractivity contribution < 1.29 is 24.1 Å². The molecule has 2 aliphatic rings. The first-order valence-electron chi connectivity index (χ1n) is 11.6. The van der Waals surface area contributed by atoms with Gasteiger partial charge in [0.2, 0.25) is 0 Å². The average Bonchev–Trinajstić information content (AvgIpc) is 3.33. The number of phenols is 2. The maximum absolute atomic E-state index is 15.4. The minimum atomic E-state index is -0.725. The molecule has 2 aliphatic heterocycles. The molecule has 5 nitrogen and oxygen atoms in total. The maximum atomic E-state index is 15.4. The number of fused-ring (bicyclic) bond motifs is 1. The fourth-order valence-corrected chi connectivity index (χ4v) is 4.81. The zero-order valence-electron chi connectivity index (χ0n) is 19.1. The van der Waals surface area contributed by atoms with Crippen LogP contribution in [-0.2, 0) is 0 Å². The highest BCUT2D eigenvalue weighted by Crippen LogP contribution is 2.48. The molecule has 1 saturated heterocycles. The number of aromatic hydroxyl groups is 2. The van der Waals surface area contributed by atoms with E-state index in [-0.39, 0.29) is 11.5 Å². The van der Waals surface area contributed by atoms with E-state index in [4.69, 9.17) is 9.47 Å². The van der Waals surface area contributed by atoms with Crippen molar-refractivity contribution in [2.75, 3.05) is 26.2 Å². The number of rotatable bonds is 6. The van der Waals surface area contributed by atoms with Crippen LogP contribution in [0.25, 0.3) is 11.1 Å². The summed E-state index contributed by atoms with van der Waals surface area (Å²) in [5.74, 6) is 0.865. The third kappa shape index (κ3) is 4.46. The molecule has 0 radical (unpaired) electrons. The number of halogens is 1. The lowest BCUT2D eigenvalue weighted by atomic mass is 9.86. The molecule has 2 N–H and O–H groups in total. The monoisotopic (exact) mass is 461 g/mol. The molecule has 3 aromatic carbocycles. The minimum absolute atomic E-state index is 0.112. The number of nitrogens with zero attached hydrogens (tertiary/aromatic N) is 1. The molecule has 1 atom stereocenters. The number of likely N-dealkylation sites (tertiary alicyclic amines) is 1. The summed E-state index contributed by atoms with van der Waals surface area (Å²) in [5.41, 5.74) is 3.41. The van der Waals surface area contributed by atoms with E-state index in [9.17, 15) is 10.2 Å².